The van der Waals surface area contributed by atoms with E-state index in [0.29, 0.717) is 0 Å². The average molecular weight is 369 g/mol. The Hall–Kier alpha value is -2.41. The van der Waals surface area contributed by atoms with E-state index in [1.165, 1.54) is 5.56 Å². The molecule has 4 rings (SSSR count). The molecule has 0 saturated carbocycles. The van der Waals surface area contributed by atoms with Crippen LogP contribution < -0.4 is 0 Å². The third-order valence-electron chi connectivity index (χ3n) is 5.25. The van der Waals surface area contributed by atoms with Crippen LogP contribution in [0.25, 0.3) is 0 Å². The van der Waals surface area contributed by atoms with Gasteiger partial charge in [0.25, 0.3) is 0 Å². The summed E-state index contributed by atoms with van der Waals surface area (Å²) in [4.78, 5) is 21.4. The van der Waals surface area contributed by atoms with Crippen LogP contribution >= 0.6 is 0 Å². The van der Waals surface area contributed by atoms with Gasteiger partial charge in [0.15, 0.2) is 0 Å². The van der Waals surface area contributed by atoms with Crippen LogP contribution in [0.3, 0.4) is 0 Å². The number of benzene rings is 1. The number of hydrogen-bond acceptors (Lipinski definition) is 5. The lowest BCUT2D eigenvalue weighted by atomic mass is 10.1. The highest BCUT2D eigenvalue weighted by atomic mass is 16.6. The first-order valence-corrected chi connectivity index (χ1v) is 9.52. The molecule has 2 aliphatic heterocycles. The number of amides is 1. The van der Waals surface area contributed by atoms with Crippen molar-refractivity contribution in [3.05, 3.63) is 48.5 Å². The van der Waals surface area contributed by atoms with E-state index in [4.69, 9.17) is 4.74 Å². The van der Waals surface area contributed by atoms with Crippen molar-refractivity contribution >= 4 is 6.09 Å². The fourth-order valence-electron chi connectivity index (χ4n) is 4.26. The van der Waals surface area contributed by atoms with Gasteiger partial charge in [-0.2, -0.15) is 5.10 Å². The number of nitrogens with zero attached hydrogens (tertiary/aromatic N) is 5. The predicted molar refractivity (Wildman–Crippen MR) is 101 cm³/mol. The van der Waals surface area contributed by atoms with Crippen molar-refractivity contribution in [3.63, 3.8) is 0 Å². The molecular formula is C20H27N5O2. The van der Waals surface area contributed by atoms with Gasteiger partial charge >= 0.3 is 6.09 Å². The number of hydrogen-bond donors (Lipinski definition) is 0. The fraction of sp³-hybridized carbons (Fsp3) is 0.550. The third-order valence-corrected chi connectivity index (χ3v) is 5.25. The second kappa shape index (κ2) is 6.96. The molecule has 7 heteroatoms. The number of aromatic nitrogens is 3. The molecule has 1 amide bonds. The first-order valence-electron chi connectivity index (χ1n) is 9.52. The first kappa shape index (κ1) is 18.0. The maximum absolute atomic E-state index is 12.9. The standard InChI is InChI=1S/C20H27N5O2/c1-20(2,3)27-19(26)25-16-9-17(24-14-21-13-22-24)18(25)12-23(11-16)10-15-7-5-4-6-8-15/h4-8,13-14,16-18H,9-12H2,1-3H3/t16-,17?,18-/m1/s1. The highest BCUT2D eigenvalue weighted by Gasteiger charge is 2.50. The van der Waals surface area contributed by atoms with E-state index in [0.717, 1.165) is 26.1 Å². The molecule has 0 N–H and O–H groups in total. The quantitative estimate of drug-likeness (QED) is 0.832. The minimum absolute atomic E-state index is 0.0315. The smallest absolute Gasteiger partial charge is 0.410 e. The topological polar surface area (TPSA) is 63.5 Å². The van der Waals surface area contributed by atoms with E-state index in [1.807, 2.05) is 36.4 Å². The van der Waals surface area contributed by atoms with Crippen LogP contribution in [0.15, 0.2) is 43.0 Å². The van der Waals surface area contributed by atoms with E-state index < -0.39 is 5.60 Å². The molecule has 1 aromatic carbocycles. The number of fused-ring (bicyclic) bond motifs is 2. The maximum atomic E-state index is 12.9. The molecule has 0 spiro atoms. The summed E-state index contributed by atoms with van der Waals surface area (Å²) >= 11 is 0. The van der Waals surface area contributed by atoms with Crippen LogP contribution in [0.1, 0.15) is 38.8 Å². The van der Waals surface area contributed by atoms with Crippen molar-refractivity contribution in [2.24, 2.45) is 0 Å². The molecule has 1 aromatic heterocycles. The molecule has 2 bridgehead atoms. The predicted octanol–water partition coefficient (Wildman–Crippen LogP) is 2.71. The van der Waals surface area contributed by atoms with E-state index in [9.17, 15) is 4.79 Å². The summed E-state index contributed by atoms with van der Waals surface area (Å²) in [5.74, 6) is 0. The minimum atomic E-state index is -0.500. The summed E-state index contributed by atoms with van der Waals surface area (Å²) in [5, 5.41) is 4.34. The van der Waals surface area contributed by atoms with Crippen LogP contribution in [0.4, 0.5) is 4.79 Å². The number of carbonyl (C=O) groups excluding carboxylic acids is 1. The number of piperazine rings is 1. The molecule has 27 heavy (non-hydrogen) atoms. The van der Waals surface area contributed by atoms with Crippen molar-refractivity contribution < 1.29 is 9.53 Å². The molecule has 1 unspecified atom stereocenters. The van der Waals surface area contributed by atoms with Gasteiger partial charge in [-0.05, 0) is 32.8 Å². The van der Waals surface area contributed by atoms with Gasteiger partial charge < -0.3 is 4.74 Å². The van der Waals surface area contributed by atoms with Gasteiger partial charge in [-0.25, -0.2) is 14.5 Å². The summed E-state index contributed by atoms with van der Waals surface area (Å²) in [5.41, 5.74) is 0.792. The van der Waals surface area contributed by atoms with Gasteiger partial charge in [0, 0.05) is 19.6 Å². The zero-order valence-corrected chi connectivity index (χ0v) is 16.2. The van der Waals surface area contributed by atoms with Crippen molar-refractivity contribution in [1.29, 1.82) is 0 Å². The normalized spacial score (nSPS) is 25.6. The van der Waals surface area contributed by atoms with Crippen molar-refractivity contribution in [1.82, 2.24) is 24.6 Å². The molecule has 3 atom stereocenters. The Balaban J connectivity index is 1.55. The van der Waals surface area contributed by atoms with Crippen molar-refractivity contribution in [2.45, 2.75) is 57.5 Å². The number of rotatable bonds is 3. The van der Waals surface area contributed by atoms with E-state index >= 15 is 0 Å². The molecule has 2 saturated heterocycles. The summed E-state index contributed by atoms with van der Waals surface area (Å²) in [6.07, 6.45) is 3.96. The minimum Gasteiger partial charge on any atom is -0.444 e. The van der Waals surface area contributed by atoms with Gasteiger partial charge in [0.2, 0.25) is 0 Å². The van der Waals surface area contributed by atoms with E-state index in [1.54, 1.807) is 12.7 Å². The zero-order chi connectivity index (χ0) is 19.0. The molecule has 0 aliphatic carbocycles. The van der Waals surface area contributed by atoms with E-state index in [-0.39, 0.29) is 24.2 Å². The summed E-state index contributed by atoms with van der Waals surface area (Å²) in [7, 11) is 0. The lowest BCUT2D eigenvalue weighted by Crippen LogP contribution is -2.57. The van der Waals surface area contributed by atoms with Crippen LogP contribution in [-0.4, -0.2) is 61.4 Å². The molecule has 0 radical (unpaired) electrons. The van der Waals surface area contributed by atoms with Crippen LogP contribution in [0, 0.1) is 0 Å². The molecular weight excluding hydrogens is 342 g/mol. The van der Waals surface area contributed by atoms with Crippen LogP contribution in [0.2, 0.25) is 0 Å². The zero-order valence-electron chi connectivity index (χ0n) is 16.2. The molecule has 2 aliphatic rings. The second-order valence-corrected chi connectivity index (χ2v) is 8.47. The number of ether oxygens (including phenoxy) is 1. The lowest BCUT2D eigenvalue weighted by Gasteiger charge is -2.41. The third kappa shape index (κ3) is 3.83. The number of carbonyl (C=O) groups is 1. The number of likely N-dealkylation sites (tertiary alicyclic amines) is 1. The summed E-state index contributed by atoms with van der Waals surface area (Å²) in [6, 6.07) is 10.8. The second-order valence-electron chi connectivity index (χ2n) is 8.47. The van der Waals surface area contributed by atoms with Crippen molar-refractivity contribution in [2.75, 3.05) is 13.1 Å². The maximum Gasteiger partial charge on any atom is 0.410 e. The largest absolute Gasteiger partial charge is 0.444 e. The Morgan fingerprint density at radius 2 is 1.96 bits per heavy atom. The Kier molecular flexibility index (Phi) is 4.63. The van der Waals surface area contributed by atoms with Crippen molar-refractivity contribution in [3.8, 4) is 0 Å². The highest BCUT2D eigenvalue weighted by molar-refractivity contribution is 5.70. The lowest BCUT2D eigenvalue weighted by molar-refractivity contribution is -0.00813. The average Bonchev–Trinajstić information content (AvgIpc) is 3.19. The summed E-state index contributed by atoms with van der Waals surface area (Å²) in [6.45, 7) is 8.26. The SMILES string of the molecule is CC(C)(C)OC(=O)N1[C@@H]2CC(n3cncn3)[C@H]1CN(Cc1ccccc1)C2. The highest BCUT2D eigenvalue weighted by Crippen LogP contribution is 2.39. The molecule has 2 aromatic rings. The first-order chi connectivity index (χ1) is 12.9. The Labute approximate surface area is 159 Å². The molecule has 7 nitrogen and oxygen atoms in total. The summed E-state index contributed by atoms with van der Waals surface area (Å²) < 4.78 is 7.60. The Morgan fingerprint density at radius 3 is 2.63 bits per heavy atom. The fourth-order valence-corrected chi connectivity index (χ4v) is 4.26. The van der Waals surface area contributed by atoms with Gasteiger partial charge in [-0.3, -0.25) is 9.80 Å². The Morgan fingerprint density at radius 1 is 1.19 bits per heavy atom. The molecule has 144 valence electrons. The Bertz CT molecular complexity index is 771. The van der Waals surface area contributed by atoms with Gasteiger partial charge in [0.1, 0.15) is 18.3 Å². The van der Waals surface area contributed by atoms with E-state index in [2.05, 4.69) is 39.2 Å². The monoisotopic (exact) mass is 369 g/mol. The van der Waals surface area contributed by atoms with Crippen LogP contribution in [0.5, 0.6) is 0 Å². The molecule has 2 fully saturated rings. The van der Waals surface area contributed by atoms with Gasteiger partial charge in [-0.1, -0.05) is 30.3 Å². The van der Waals surface area contributed by atoms with Crippen LogP contribution in [-0.2, 0) is 11.3 Å². The van der Waals surface area contributed by atoms with Gasteiger partial charge in [-0.15, -0.1) is 0 Å². The van der Waals surface area contributed by atoms with Gasteiger partial charge in [0.05, 0.1) is 18.1 Å². The molecule has 3 heterocycles.